The number of aliphatic carboxylic acids is 1. The fourth-order valence-electron chi connectivity index (χ4n) is 2.98. The van der Waals surface area contributed by atoms with Crippen molar-refractivity contribution in [1.82, 2.24) is 14.8 Å². The summed E-state index contributed by atoms with van der Waals surface area (Å²) in [4.78, 5) is 10.9. The zero-order valence-electron chi connectivity index (χ0n) is 12.6. The van der Waals surface area contributed by atoms with Gasteiger partial charge in [0.25, 0.3) is 0 Å². The van der Waals surface area contributed by atoms with Crippen molar-refractivity contribution in [3.8, 4) is 5.69 Å². The van der Waals surface area contributed by atoms with E-state index in [1.165, 1.54) is 31.0 Å². The van der Waals surface area contributed by atoms with Crippen molar-refractivity contribution in [3.05, 3.63) is 35.1 Å². The number of nitrogens with zero attached hydrogens (tertiary/aromatic N) is 3. The predicted octanol–water partition coefficient (Wildman–Crippen LogP) is 4.15. The van der Waals surface area contributed by atoms with Crippen LogP contribution in [0.3, 0.4) is 0 Å². The number of hydrogen-bond acceptors (Lipinski definition) is 4. The molecule has 1 saturated carbocycles. The minimum Gasteiger partial charge on any atom is -0.481 e. The summed E-state index contributed by atoms with van der Waals surface area (Å²) in [6.45, 7) is 0. The van der Waals surface area contributed by atoms with E-state index in [0.29, 0.717) is 16.1 Å². The monoisotopic (exact) mass is 351 g/mol. The molecule has 0 unspecified atom stereocenters. The molecule has 1 aromatic carbocycles. The van der Waals surface area contributed by atoms with Crippen molar-refractivity contribution in [3.63, 3.8) is 0 Å². The van der Waals surface area contributed by atoms with Crippen molar-refractivity contribution in [2.24, 2.45) is 0 Å². The van der Waals surface area contributed by atoms with Gasteiger partial charge in [-0.25, -0.2) is 0 Å². The van der Waals surface area contributed by atoms with Gasteiger partial charge in [0.1, 0.15) is 5.82 Å². The SMILES string of the molecule is O=C(O)CSc1nnc(C2CCCCC2)n1-c1cccc(Cl)c1. The third-order valence-corrected chi connectivity index (χ3v) is 5.17. The first-order valence-corrected chi connectivity index (χ1v) is 9.07. The molecule has 1 aliphatic carbocycles. The maximum absolute atomic E-state index is 10.9. The van der Waals surface area contributed by atoms with Crippen molar-refractivity contribution in [1.29, 1.82) is 0 Å². The molecule has 122 valence electrons. The number of halogens is 1. The van der Waals surface area contributed by atoms with Gasteiger partial charge >= 0.3 is 5.97 Å². The van der Waals surface area contributed by atoms with Crippen molar-refractivity contribution in [2.45, 2.75) is 43.2 Å². The molecule has 1 fully saturated rings. The number of benzene rings is 1. The number of aromatic nitrogens is 3. The highest BCUT2D eigenvalue weighted by Gasteiger charge is 2.24. The van der Waals surface area contributed by atoms with Crippen molar-refractivity contribution < 1.29 is 9.90 Å². The van der Waals surface area contributed by atoms with E-state index in [1.807, 2.05) is 28.8 Å². The third kappa shape index (κ3) is 3.87. The molecule has 1 aliphatic rings. The van der Waals surface area contributed by atoms with E-state index < -0.39 is 5.97 Å². The number of rotatable bonds is 5. The smallest absolute Gasteiger partial charge is 0.313 e. The first kappa shape index (κ1) is 16.3. The molecule has 1 N–H and O–H groups in total. The van der Waals surface area contributed by atoms with E-state index in [4.69, 9.17) is 16.7 Å². The van der Waals surface area contributed by atoms with Crippen LogP contribution in [0.4, 0.5) is 0 Å². The molecule has 23 heavy (non-hydrogen) atoms. The van der Waals surface area contributed by atoms with Crippen LogP contribution in [-0.2, 0) is 4.79 Å². The van der Waals surface area contributed by atoms with Gasteiger partial charge in [0.15, 0.2) is 5.16 Å². The number of thioether (sulfide) groups is 1. The number of carboxylic acids is 1. The molecule has 0 atom stereocenters. The Morgan fingerprint density at radius 1 is 1.30 bits per heavy atom. The van der Waals surface area contributed by atoms with E-state index in [0.717, 1.165) is 24.4 Å². The van der Waals surface area contributed by atoms with Crippen LogP contribution in [0.5, 0.6) is 0 Å². The van der Waals surface area contributed by atoms with Gasteiger partial charge < -0.3 is 5.11 Å². The standard InChI is InChI=1S/C16H18ClN3O2S/c17-12-7-4-8-13(9-12)20-15(11-5-2-1-3-6-11)18-19-16(20)23-10-14(21)22/h4,7-9,11H,1-3,5-6,10H2,(H,21,22). The van der Waals surface area contributed by atoms with Crippen LogP contribution in [-0.4, -0.2) is 31.6 Å². The van der Waals surface area contributed by atoms with Crippen LogP contribution in [0.25, 0.3) is 5.69 Å². The Morgan fingerprint density at radius 2 is 2.09 bits per heavy atom. The number of carboxylic acid groups (broad SMARTS) is 1. The fourth-order valence-corrected chi connectivity index (χ4v) is 3.85. The maximum atomic E-state index is 10.9. The summed E-state index contributed by atoms with van der Waals surface area (Å²) in [7, 11) is 0. The van der Waals surface area contributed by atoms with Gasteiger partial charge in [0, 0.05) is 10.9 Å². The van der Waals surface area contributed by atoms with Gasteiger partial charge in [0.2, 0.25) is 0 Å². The molecular formula is C16H18ClN3O2S. The molecule has 5 nitrogen and oxygen atoms in total. The van der Waals surface area contributed by atoms with Crippen LogP contribution in [0.2, 0.25) is 5.02 Å². The normalized spacial score (nSPS) is 15.7. The molecule has 0 bridgehead atoms. The molecule has 2 aromatic rings. The molecule has 0 aliphatic heterocycles. The third-order valence-electron chi connectivity index (χ3n) is 4.02. The molecule has 0 saturated heterocycles. The second-order valence-corrected chi connectivity index (χ2v) is 7.05. The second kappa shape index (κ2) is 7.36. The van der Waals surface area contributed by atoms with Gasteiger partial charge in [-0.05, 0) is 31.0 Å². The molecule has 0 spiro atoms. The maximum Gasteiger partial charge on any atom is 0.313 e. The summed E-state index contributed by atoms with van der Waals surface area (Å²) in [6, 6.07) is 7.52. The highest BCUT2D eigenvalue weighted by Crippen LogP contribution is 2.35. The Hall–Kier alpha value is -1.53. The Labute approximate surface area is 144 Å². The van der Waals surface area contributed by atoms with E-state index in [1.54, 1.807) is 0 Å². The topological polar surface area (TPSA) is 68.0 Å². The van der Waals surface area contributed by atoms with Crippen LogP contribution < -0.4 is 0 Å². The van der Waals surface area contributed by atoms with Gasteiger partial charge in [-0.1, -0.05) is 48.7 Å². The highest BCUT2D eigenvalue weighted by atomic mass is 35.5. The van der Waals surface area contributed by atoms with Crippen molar-refractivity contribution in [2.75, 3.05) is 5.75 Å². The Balaban J connectivity index is 2.00. The minimum absolute atomic E-state index is 0.0383. The Bertz CT molecular complexity index is 698. The van der Waals surface area contributed by atoms with Crippen LogP contribution in [0.15, 0.2) is 29.4 Å². The number of carbonyl (C=O) groups is 1. The first-order valence-electron chi connectivity index (χ1n) is 7.71. The molecular weight excluding hydrogens is 334 g/mol. The average molecular weight is 352 g/mol. The fraction of sp³-hybridized carbons (Fsp3) is 0.438. The zero-order valence-corrected chi connectivity index (χ0v) is 14.2. The van der Waals surface area contributed by atoms with Gasteiger partial charge in [0.05, 0.1) is 11.4 Å². The quantitative estimate of drug-likeness (QED) is 0.820. The Kier molecular flexibility index (Phi) is 5.23. The first-order chi connectivity index (χ1) is 11.1. The largest absolute Gasteiger partial charge is 0.481 e. The molecule has 3 rings (SSSR count). The van der Waals surface area contributed by atoms with E-state index >= 15 is 0 Å². The summed E-state index contributed by atoms with van der Waals surface area (Å²) in [5.41, 5.74) is 0.885. The summed E-state index contributed by atoms with van der Waals surface area (Å²) in [5.74, 6) is 0.382. The lowest BCUT2D eigenvalue weighted by Gasteiger charge is -2.22. The minimum atomic E-state index is -0.866. The zero-order chi connectivity index (χ0) is 16.2. The number of hydrogen-bond donors (Lipinski definition) is 1. The van der Waals surface area contributed by atoms with Gasteiger partial charge in [-0.3, -0.25) is 9.36 Å². The van der Waals surface area contributed by atoms with Crippen LogP contribution in [0, 0.1) is 0 Å². The van der Waals surface area contributed by atoms with Crippen molar-refractivity contribution >= 4 is 29.3 Å². The van der Waals surface area contributed by atoms with E-state index in [9.17, 15) is 4.79 Å². The summed E-state index contributed by atoms with van der Waals surface area (Å²) >= 11 is 7.31. The summed E-state index contributed by atoms with van der Waals surface area (Å²) < 4.78 is 1.97. The van der Waals surface area contributed by atoms with E-state index in [2.05, 4.69) is 10.2 Å². The highest BCUT2D eigenvalue weighted by molar-refractivity contribution is 7.99. The predicted molar refractivity (Wildman–Crippen MR) is 90.6 cm³/mol. The lowest BCUT2D eigenvalue weighted by molar-refractivity contribution is -0.133. The molecule has 0 radical (unpaired) electrons. The lowest BCUT2D eigenvalue weighted by atomic mass is 9.88. The van der Waals surface area contributed by atoms with Crippen LogP contribution in [0.1, 0.15) is 43.8 Å². The van der Waals surface area contributed by atoms with Gasteiger partial charge in [-0.2, -0.15) is 0 Å². The molecule has 0 amide bonds. The van der Waals surface area contributed by atoms with E-state index in [-0.39, 0.29) is 5.75 Å². The van der Waals surface area contributed by atoms with Gasteiger partial charge in [-0.15, -0.1) is 10.2 Å². The second-order valence-electron chi connectivity index (χ2n) is 5.67. The summed E-state index contributed by atoms with van der Waals surface area (Å²) in [6.07, 6.45) is 5.86. The molecule has 1 aromatic heterocycles. The summed E-state index contributed by atoms with van der Waals surface area (Å²) in [5, 5.41) is 18.8. The average Bonchev–Trinajstić information content (AvgIpc) is 2.97. The Morgan fingerprint density at radius 3 is 2.78 bits per heavy atom. The van der Waals surface area contributed by atoms with Crippen LogP contribution >= 0.6 is 23.4 Å². The lowest BCUT2D eigenvalue weighted by Crippen LogP contribution is -2.12. The molecule has 7 heteroatoms. The molecule has 1 heterocycles.